The summed E-state index contributed by atoms with van der Waals surface area (Å²) in [7, 11) is 0. The van der Waals surface area contributed by atoms with Gasteiger partial charge in [-0.3, -0.25) is 4.79 Å². The summed E-state index contributed by atoms with van der Waals surface area (Å²) in [6, 6.07) is 0. The second kappa shape index (κ2) is 23.4. The molecule has 3 aliphatic rings. The fourth-order valence-corrected chi connectivity index (χ4v) is 8.68. The van der Waals surface area contributed by atoms with Crippen LogP contribution in [0.4, 0.5) is 0 Å². The number of hydrogen-bond acceptors (Lipinski definition) is 4. The van der Waals surface area contributed by atoms with Crippen molar-refractivity contribution in [3.63, 3.8) is 0 Å². The summed E-state index contributed by atoms with van der Waals surface area (Å²) in [5.41, 5.74) is 0. The third-order valence-corrected chi connectivity index (χ3v) is 11.5. The van der Waals surface area contributed by atoms with Crippen molar-refractivity contribution in [2.75, 3.05) is 19.8 Å². The number of aliphatic hydroxyl groups excluding tert-OH is 1. The molecule has 6 unspecified atom stereocenters. The highest BCUT2D eigenvalue weighted by molar-refractivity contribution is 5.69. The molecular formula is C40H72O4. The first kappa shape index (κ1) is 37.6. The molecule has 44 heavy (non-hydrogen) atoms. The first-order valence-corrected chi connectivity index (χ1v) is 19.7. The van der Waals surface area contributed by atoms with Crippen LogP contribution in [0.15, 0.2) is 12.2 Å². The molecule has 3 aliphatic carbocycles. The molecule has 0 saturated heterocycles. The monoisotopic (exact) mass is 617 g/mol. The number of fused-ring (bicyclic) bond motifs is 4. The van der Waals surface area contributed by atoms with Gasteiger partial charge < -0.3 is 14.6 Å². The number of allylic oxidation sites excluding steroid dienone is 2. The SMILES string of the molecule is CCCCCCC(C)CCCCCCCCC(=O)OC[C@H](CO)OCCCCCCCCC1CCC2C3C=CCCC3C2C1. The number of rotatable bonds is 27. The van der Waals surface area contributed by atoms with Gasteiger partial charge in [0.05, 0.1) is 6.61 Å². The van der Waals surface area contributed by atoms with Crippen LogP contribution in [-0.4, -0.2) is 37.0 Å². The zero-order chi connectivity index (χ0) is 31.2. The van der Waals surface area contributed by atoms with E-state index in [1.54, 1.807) is 0 Å². The lowest BCUT2D eigenvalue weighted by Crippen LogP contribution is -2.49. The summed E-state index contributed by atoms with van der Waals surface area (Å²) < 4.78 is 11.2. The van der Waals surface area contributed by atoms with Gasteiger partial charge in [0, 0.05) is 13.0 Å². The molecule has 256 valence electrons. The van der Waals surface area contributed by atoms with Crippen molar-refractivity contribution < 1.29 is 19.4 Å². The number of carbonyl (C=O) groups excluding carboxylic acids is 1. The molecule has 0 bridgehead atoms. The lowest BCUT2D eigenvalue weighted by atomic mass is 9.48. The van der Waals surface area contributed by atoms with Crippen molar-refractivity contribution in [3.8, 4) is 0 Å². The maximum atomic E-state index is 12.1. The lowest BCUT2D eigenvalue weighted by molar-refractivity contribution is -0.149. The molecule has 7 atom stereocenters. The zero-order valence-corrected chi connectivity index (χ0v) is 29.2. The summed E-state index contributed by atoms with van der Waals surface area (Å²) >= 11 is 0. The largest absolute Gasteiger partial charge is 0.463 e. The standard InChI is InChI=1S/C40H72O4/c1-3-4-5-14-21-33(2)22-15-10-6-7-12-17-26-40(42)44-32-35(31-41)43-29-20-13-9-8-11-16-23-34-27-28-38-36-24-18-19-25-37(36)39(38)30-34/h18,24,33-39,41H,3-17,19-23,25-32H2,1-2H3/t33?,34?,35-,36?,37?,38?,39?/m0/s1. The molecule has 4 nitrogen and oxygen atoms in total. The molecule has 2 fully saturated rings. The Morgan fingerprint density at radius 3 is 2.20 bits per heavy atom. The molecule has 4 heteroatoms. The third-order valence-electron chi connectivity index (χ3n) is 11.5. The second-order valence-electron chi connectivity index (χ2n) is 15.1. The van der Waals surface area contributed by atoms with Gasteiger partial charge in [0.15, 0.2) is 0 Å². The Labute approximate surface area is 272 Å². The molecule has 0 amide bonds. The summed E-state index contributed by atoms with van der Waals surface area (Å²) in [5.74, 6) is 5.79. The Kier molecular flexibility index (Phi) is 20.0. The number of ether oxygens (including phenoxy) is 2. The van der Waals surface area contributed by atoms with Gasteiger partial charge in [-0.25, -0.2) is 0 Å². The second-order valence-corrected chi connectivity index (χ2v) is 15.1. The maximum absolute atomic E-state index is 12.1. The van der Waals surface area contributed by atoms with Gasteiger partial charge in [-0.2, -0.15) is 0 Å². The van der Waals surface area contributed by atoms with Crippen LogP contribution < -0.4 is 0 Å². The highest BCUT2D eigenvalue weighted by Gasteiger charge is 2.50. The van der Waals surface area contributed by atoms with Crippen LogP contribution in [0, 0.1) is 35.5 Å². The van der Waals surface area contributed by atoms with E-state index in [-0.39, 0.29) is 19.2 Å². The molecule has 2 saturated carbocycles. The predicted molar refractivity (Wildman–Crippen MR) is 185 cm³/mol. The highest BCUT2D eigenvalue weighted by Crippen LogP contribution is 2.58. The van der Waals surface area contributed by atoms with E-state index < -0.39 is 6.10 Å². The van der Waals surface area contributed by atoms with Gasteiger partial charge in [0.2, 0.25) is 0 Å². The van der Waals surface area contributed by atoms with Gasteiger partial charge >= 0.3 is 5.97 Å². The van der Waals surface area contributed by atoms with E-state index >= 15 is 0 Å². The first-order chi connectivity index (χ1) is 21.6. The third kappa shape index (κ3) is 14.7. The van der Waals surface area contributed by atoms with Gasteiger partial charge in [0.25, 0.3) is 0 Å². The molecule has 0 aromatic heterocycles. The summed E-state index contributed by atoms with van der Waals surface area (Å²) in [5, 5.41) is 9.63. The highest BCUT2D eigenvalue weighted by atomic mass is 16.6. The van der Waals surface area contributed by atoms with E-state index in [4.69, 9.17) is 9.47 Å². The fourth-order valence-electron chi connectivity index (χ4n) is 8.68. The van der Waals surface area contributed by atoms with Crippen molar-refractivity contribution in [3.05, 3.63) is 12.2 Å². The molecule has 0 spiro atoms. The van der Waals surface area contributed by atoms with Crippen LogP contribution in [0.25, 0.3) is 0 Å². The number of esters is 1. The minimum Gasteiger partial charge on any atom is -0.463 e. The molecule has 0 aromatic carbocycles. The molecule has 0 radical (unpaired) electrons. The van der Waals surface area contributed by atoms with E-state index in [0.29, 0.717) is 13.0 Å². The van der Waals surface area contributed by atoms with Crippen molar-refractivity contribution in [2.45, 2.75) is 180 Å². The zero-order valence-electron chi connectivity index (χ0n) is 29.2. The Bertz CT molecular complexity index is 750. The summed E-state index contributed by atoms with van der Waals surface area (Å²) in [6.45, 7) is 5.41. The van der Waals surface area contributed by atoms with Crippen LogP contribution in [0.1, 0.15) is 174 Å². The summed E-state index contributed by atoms with van der Waals surface area (Å²) in [6.07, 6.45) is 36.8. The predicted octanol–water partition coefficient (Wildman–Crippen LogP) is 11.0. The van der Waals surface area contributed by atoms with Crippen LogP contribution in [0.5, 0.6) is 0 Å². The average Bonchev–Trinajstić information content (AvgIpc) is 3.03. The minimum absolute atomic E-state index is 0.0918. The number of carbonyl (C=O) groups is 1. The molecular weight excluding hydrogens is 544 g/mol. The quantitative estimate of drug-likeness (QED) is 0.0567. The van der Waals surface area contributed by atoms with E-state index in [1.807, 2.05) is 0 Å². The summed E-state index contributed by atoms with van der Waals surface area (Å²) in [4.78, 5) is 12.1. The van der Waals surface area contributed by atoms with Gasteiger partial charge in [-0.15, -0.1) is 0 Å². The smallest absolute Gasteiger partial charge is 0.305 e. The van der Waals surface area contributed by atoms with Crippen LogP contribution >= 0.6 is 0 Å². The van der Waals surface area contributed by atoms with Crippen molar-refractivity contribution in [1.82, 2.24) is 0 Å². The van der Waals surface area contributed by atoms with E-state index in [0.717, 1.165) is 54.8 Å². The molecule has 0 aromatic rings. The van der Waals surface area contributed by atoms with Crippen molar-refractivity contribution >= 4 is 5.97 Å². The van der Waals surface area contributed by atoms with Crippen molar-refractivity contribution in [1.29, 1.82) is 0 Å². The molecule has 3 rings (SSSR count). The Morgan fingerprint density at radius 1 is 0.795 bits per heavy atom. The Balaban J connectivity index is 1.05. The van der Waals surface area contributed by atoms with Gasteiger partial charge in [-0.1, -0.05) is 142 Å². The average molecular weight is 617 g/mol. The molecule has 0 aliphatic heterocycles. The number of aliphatic hydroxyl groups is 1. The van der Waals surface area contributed by atoms with Crippen LogP contribution in [-0.2, 0) is 14.3 Å². The first-order valence-electron chi connectivity index (χ1n) is 19.7. The van der Waals surface area contributed by atoms with E-state index in [9.17, 15) is 9.90 Å². The fraction of sp³-hybridized carbons (Fsp3) is 0.925. The topological polar surface area (TPSA) is 55.8 Å². The Hall–Kier alpha value is -0.870. The maximum Gasteiger partial charge on any atom is 0.305 e. The van der Waals surface area contributed by atoms with Gasteiger partial charge in [0.1, 0.15) is 12.7 Å². The Morgan fingerprint density at radius 2 is 1.45 bits per heavy atom. The van der Waals surface area contributed by atoms with Crippen molar-refractivity contribution in [2.24, 2.45) is 35.5 Å². The van der Waals surface area contributed by atoms with Gasteiger partial charge in [-0.05, 0) is 74.0 Å². The van der Waals surface area contributed by atoms with Crippen LogP contribution in [0.3, 0.4) is 0 Å². The number of hydrogen-bond donors (Lipinski definition) is 1. The van der Waals surface area contributed by atoms with E-state index in [1.165, 1.54) is 135 Å². The molecule has 1 N–H and O–H groups in total. The van der Waals surface area contributed by atoms with Crippen LogP contribution in [0.2, 0.25) is 0 Å². The minimum atomic E-state index is -0.390. The van der Waals surface area contributed by atoms with E-state index in [2.05, 4.69) is 26.0 Å². The molecule has 0 heterocycles. The normalized spacial score (nSPS) is 25.6. The number of unbranched alkanes of at least 4 members (excludes halogenated alkanes) is 13. The lowest BCUT2D eigenvalue weighted by Gasteiger charge is -2.57.